The Labute approximate surface area is 159 Å². The molecular formula is C22H26FN3O. The summed E-state index contributed by atoms with van der Waals surface area (Å²) in [7, 11) is 0. The number of benzene rings is 2. The third kappa shape index (κ3) is 4.37. The number of piperidine rings is 1. The second kappa shape index (κ2) is 8.19. The molecule has 1 saturated heterocycles. The Morgan fingerprint density at radius 3 is 2.81 bits per heavy atom. The van der Waals surface area contributed by atoms with E-state index in [4.69, 9.17) is 0 Å². The highest BCUT2D eigenvalue weighted by Gasteiger charge is 2.21. The van der Waals surface area contributed by atoms with E-state index in [1.165, 1.54) is 0 Å². The van der Waals surface area contributed by atoms with Crippen LogP contribution in [0.2, 0.25) is 0 Å². The number of aromatic nitrogens is 2. The molecule has 2 heterocycles. The minimum Gasteiger partial charge on any atom is -0.388 e. The molecule has 0 aliphatic carbocycles. The summed E-state index contributed by atoms with van der Waals surface area (Å²) in [6.07, 6.45) is 5.05. The molecule has 4 nitrogen and oxygen atoms in total. The van der Waals surface area contributed by atoms with Crippen LogP contribution in [0.15, 0.2) is 48.7 Å². The van der Waals surface area contributed by atoms with Crippen LogP contribution in [0.25, 0.3) is 10.9 Å². The second-order valence-electron chi connectivity index (χ2n) is 7.60. The summed E-state index contributed by atoms with van der Waals surface area (Å²) in [4.78, 5) is 2.41. The lowest BCUT2D eigenvalue weighted by atomic mass is 9.90. The van der Waals surface area contributed by atoms with Crippen molar-refractivity contribution in [1.29, 1.82) is 0 Å². The monoisotopic (exact) mass is 367 g/mol. The Morgan fingerprint density at radius 1 is 1.19 bits per heavy atom. The number of likely N-dealkylation sites (tertiary alicyclic amines) is 1. The molecule has 0 saturated carbocycles. The van der Waals surface area contributed by atoms with Gasteiger partial charge in [-0.2, -0.15) is 5.10 Å². The fourth-order valence-electron chi connectivity index (χ4n) is 4.03. The number of aliphatic hydroxyl groups excluding tert-OH is 1. The minimum atomic E-state index is -0.458. The van der Waals surface area contributed by atoms with Gasteiger partial charge in [0, 0.05) is 11.9 Å². The molecule has 0 radical (unpaired) electrons. The standard InChI is InChI=1S/C22H26FN3O/c23-20-4-2-1-3-17(20)13-16-7-10-26(11-8-16)12-9-22(27)18-5-6-21-19(14-18)15-24-25-21/h1-6,14-16,22,27H,7-13H2,(H,24,25). The predicted molar refractivity (Wildman–Crippen MR) is 105 cm³/mol. The summed E-state index contributed by atoms with van der Waals surface area (Å²) in [5.41, 5.74) is 2.77. The van der Waals surface area contributed by atoms with E-state index >= 15 is 0 Å². The number of hydrogen-bond donors (Lipinski definition) is 2. The Hall–Kier alpha value is -2.24. The molecule has 142 valence electrons. The lowest BCUT2D eigenvalue weighted by Gasteiger charge is -2.32. The van der Waals surface area contributed by atoms with Crippen LogP contribution in [-0.2, 0) is 6.42 Å². The first-order chi connectivity index (χ1) is 13.2. The summed E-state index contributed by atoms with van der Waals surface area (Å²) in [6, 6.07) is 13.0. The summed E-state index contributed by atoms with van der Waals surface area (Å²) in [5, 5.41) is 18.5. The van der Waals surface area contributed by atoms with Crippen molar-refractivity contribution in [2.45, 2.75) is 31.8 Å². The van der Waals surface area contributed by atoms with E-state index in [2.05, 4.69) is 15.1 Å². The number of aliphatic hydroxyl groups is 1. The van der Waals surface area contributed by atoms with Gasteiger partial charge in [-0.3, -0.25) is 5.10 Å². The molecule has 1 fully saturated rings. The van der Waals surface area contributed by atoms with Crippen LogP contribution in [-0.4, -0.2) is 39.8 Å². The maximum absolute atomic E-state index is 13.8. The summed E-state index contributed by atoms with van der Waals surface area (Å²) < 4.78 is 13.8. The van der Waals surface area contributed by atoms with Gasteiger partial charge in [-0.15, -0.1) is 0 Å². The number of aromatic amines is 1. The maximum atomic E-state index is 13.8. The third-order valence-electron chi connectivity index (χ3n) is 5.74. The summed E-state index contributed by atoms with van der Waals surface area (Å²) in [5.74, 6) is 0.462. The van der Waals surface area contributed by atoms with Gasteiger partial charge in [-0.05, 0) is 74.0 Å². The molecule has 4 rings (SSSR count). The highest BCUT2D eigenvalue weighted by Crippen LogP contribution is 2.25. The van der Waals surface area contributed by atoms with E-state index in [1.54, 1.807) is 18.3 Å². The molecule has 2 aromatic carbocycles. The number of fused-ring (bicyclic) bond motifs is 1. The van der Waals surface area contributed by atoms with Crippen LogP contribution >= 0.6 is 0 Å². The quantitative estimate of drug-likeness (QED) is 0.690. The summed E-state index contributed by atoms with van der Waals surface area (Å²) >= 11 is 0. The van der Waals surface area contributed by atoms with Crippen molar-refractivity contribution in [2.24, 2.45) is 5.92 Å². The van der Waals surface area contributed by atoms with E-state index in [0.717, 1.165) is 67.3 Å². The van der Waals surface area contributed by atoms with Crippen molar-refractivity contribution in [1.82, 2.24) is 15.1 Å². The lowest BCUT2D eigenvalue weighted by Crippen LogP contribution is -2.35. The van der Waals surface area contributed by atoms with Crippen molar-refractivity contribution < 1.29 is 9.50 Å². The number of nitrogens with zero attached hydrogens (tertiary/aromatic N) is 2. The van der Waals surface area contributed by atoms with Crippen LogP contribution in [0, 0.1) is 11.7 Å². The van der Waals surface area contributed by atoms with Crippen molar-refractivity contribution in [2.75, 3.05) is 19.6 Å². The zero-order valence-corrected chi connectivity index (χ0v) is 15.4. The highest BCUT2D eigenvalue weighted by molar-refractivity contribution is 5.78. The second-order valence-corrected chi connectivity index (χ2v) is 7.60. The average molecular weight is 367 g/mol. The van der Waals surface area contributed by atoms with E-state index in [-0.39, 0.29) is 5.82 Å². The van der Waals surface area contributed by atoms with Crippen LogP contribution in [0.3, 0.4) is 0 Å². The van der Waals surface area contributed by atoms with Crippen molar-refractivity contribution in [3.8, 4) is 0 Å². The summed E-state index contributed by atoms with van der Waals surface area (Å²) in [6.45, 7) is 2.93. The van der Waals surface area contributed by atoms with Gasteiger partial charge < -0.3 is 10.0 Å². The molecule has 1 atom stereocenters. The maximum Gasteiger partial charge on any atom is 0.126 e. The van der Waals surface area contributed by atoms with Crippen LogP contribution in [0.1, 0.15) is 36.5 Å². The zero-order valence-electron chi connectivity index (χ0n) is 15.4. The number of H-pyrrole nitrogens is 1. The van der Waals surface area contributed by atoms with Gasteiger partial charge in [0.15, 0.2) is 0 Å². The average Bonchev–Trinajstić information content (AvgIpc) is 3.17. The fraction of sp³-hybridized carbons (Fsp3) is 0.409. The number of hydrogen-bond acceptors (Lipinski definition) is 3. The molecule has 0 spiro atoms. The number of rotatable bonds is 6. The Balaban J connectivity index is 1.25. The minimum absolute atomic E-state index is 0.0855. The van der Waals surface area contributed by atoms with Gasteiger partial charge in [0.2, 0.25) is 0 Å². The smallest absolute Gasteiger partial charge is 0.126 e. The first-order valence-electron chi connectivity index (χ1n) is 9.76. The lowest BCUT2D eigenvalue weighted by molar-refractivity contribution is 0.123. The Morgan fingerprint density at radius 2 is 2.00 bits per heavy atom. The Bertz CT molecular complexity index is 886. The molecular weight excluding hydrogens is 341 g/mol. The Kier molecular flexibility index (Phi) is 5.50. The predicted octanol–water partition coefficient (Wildman–Crippen LogP) is 4.08. The fourth-order valence-corrected chi connectivity index (χ4v) is 4.03. The highest BCUT2D eigenvalue weighted by atomic mass is 19.1. The van der Waals surface area contributed by atoms with Gasteiger partial charge in [-0.1, -0.05) is 24.3 Å². The van der Waals surface area contributed by atoms with Crippen LogP contribution < -0.4 is 0 Å². The van der Waals surface area contributed by atoms with Gasteiger partial charge in [0.25, 0.3) is 0 Å². The SMILES string of the molecule is OC(CCN1CCC(Cc2ccccc2F)CC1)c1ccc2[nH]ncc2c1. The topological polar surface area (TPSA) is 52.1 Å². The largest absolute Gasteiger partial charge is 0.388 e. The molecule has 0 bridgehead atoms. The first-order valence-corrected chi connectivity index (χ1v) is 9.76. The van der Waals surface area contributed by atoms with E-state index in [9.17, 15) is 9.50 Å². The normalized spacial score (nSPS) is 17.4. The zero-order chi connectivity index (χ0) is 18.6. The van der Waals surface area contributed by atoms with E-state index in [0.29, 0.717) is 5.92 Å². The molecule has 3 aromatic rings. The number of nitrogens with one attached hydrogen (secondary N) is 1. The molecule has 2 N–H and O–H groups in total. The van der Waals surface area contributed by atoms with Crippen molar-refractivity contribution >= 4 is 10.9 Å². The van der Waals surface area contributed by atoms with Crippen molar-refractivity contribution in [3.63, 3.8) is 0 Å². The molecule has 1 aliphatic rings. The molecule has 1 aliphatic heterocycles. The molecule has 5 heteroatoms. The molecule has 27 heavy (non-hydrogen) atoms. The van der Waals surface area contributed by atoms with Gasteiger partial charge >= 0.3 is 0 Å². The van der Waals surface area contributed by atoms with Crippen molar-refractivity contribution in [3.05, 3.63) is 65.6 Å². The third-order valence-corrected chi connectivity index (χ3v) is 5.74. The molecule has 1 unspecified atom stereocenters. The van der Waals surface area contributed by atoms with E-state index < -0.39 is 6.10 Å². The van der Waals surface area contributed by atoms with E-state index in [1.807, 2.05) is 30.3 Å². The van der Waals surface area contributed by atoms with Crippen LogP contribution in [0.4, 0.5) is 4.39 Å². The van der Waals surface area contributed by atoms with Gasteiger partial charge in [0.05, 0.1) is 17.8 Å². The first kappa shape index (κ1) is 18.1. The van der Waals surface area contributed by atoms with Crippen LogP contribution in [0.5, 0.6) is 0 Å². The van der Waals surface area contributed by atoms with Gasteiger partial charge in [0.1, 0.15) is 5.82 Å². The van der Waals surface area contributed by atoms with Gasteiger partial charge in [-0.25, -0.2) is 4.39 Å². The number of halogens is 1. The molecule has 0 amide bonds. The molecule has 1 aromatic heterocycles.